The lowest BCUT2D eigenvalue weighted by Gasteiger charge is -2.33. The Kier molecular flexibility index (Phi) is 4.76. The highest BCUT2D eigenvalue weighted by Gasteiger charge is 2.25. The van der Waals surface area contributed by atoms with E-state index in [9.17, 15) is 8.42 Å². The van der Waals surface area contributed by atoms with Crippen LogP contribution in [0.1, 0.15) is 33.6 Å². The van der Waals surface area contributed by atoms with Crippen molar-refractivity contribution < 1.29 is 8.42 Å². The van der Waals surface area contributed by atoms with Crippen molar-refractivity contribution in [3.05, 3.63) is 0 Å². The lowest BCUT2D eigenvalue weighted by molar-refractivity contribution is 0.261. The van der Waals surface area contributed by atoms with E-state index in [0.717, 1.165) is 12.8 Å². The smallest absolute Gasteiger partial charge is 0.211 e. The summed E-state index contributed by atoms with van der Waals surface area (Å²) in [5, 5.41) is 3.57. The first-order valence-corrected chi connectivity index (χ1v) is 7.86. The molecule has 1 unspecified atom stereocenters. The van der Waals surface area contributed by atoms with Gasteiger partial charge in [0.05, 0.1) is 6.26 Å². The minimum absolute atomic E-state index is 0.468. The minimum Gasteiger partial charge on any atom is -0.311 e. The molecule has 0 spiro atoms. The normalized spacial score (nSPS) is 22.6. The van der Waals surface area contributed by atoms with Gasteiger partial charge in [-0.25, -0.2) is 12.7 Å². The van der Waals surface area contributed by atoms with Crippen molar-refractivity contribution in [3.8, 4) is 0 Å². The molecule has 0 aromatic rings. The zero-order chi connectivity index (χ0) is 12.3. The third-order valence-corrected chi connectivity index (χ3v) is 4.72. The Morgan fingerprint density at radius 3 is 2.06 bits per heavy atom. The van der Waals surface area contributed by atoms with Gasteiger partial charge in [0.1, 0.15) is 0 Å². The van der Waals surface area contributed by atoms with E-state index in [-0.39, 0.29) is 0 Å². The van der Waals surface area contributed by atoms with Crippen molar-refractivity contribution in [2.24, 2.45) is 5.92 Å². The van der Waals surface area contributed by atoms with Gasteiger partial charge in [-0.15, -0.1) is 0 Å². The molecule has 1 heterocycles. The standard InChI is InChI=1S/C11H24N2O2S/c1-9(2)10(3)12-11-5-7-13(8-6-11)16(4,14)15/h9-12H,5-8H2,1-4H3. The van der Waals surface area contributed by atoms with E-state index in [0.29, 0.717) is 31.1 Å². The first-order chi connectivity index (χ1) is 7.30. The molecule has 1 aliphatic heterocycles. The first kappa shape index (κ1) is 13.9. The van der Waals surface area contributed by atoms with Gasteiger partial charge in [0.25, 0.3) is 0 Å². The van der Waals surface area contributed by atoms with Crippen LogP contribution in [0.15, 0.2) is 0 Å². The van der Waals surface area contributed by atoms with Crippen molar-refractivity contribution in [3.63, 3.8) is 0 Å². The van der Waals surface area contributed by atoms with Gasteiger partial charge in [-0.3, -0.25) is 0 Å². The molecule has 1 fully saturated rings. The Bertz CT molecular complexity index is 306. The lowest BCUT2D eigenvalue weighted by Crippen LogP contribution is -2.47. The molecule has 0 aromatic carbocycles. The highest BCUT2D eigenvalue weighted by molar-refractivity contribution is 7.88. The maximum Gasteiger partial charge on any atom is 0.211 e. The van der Waals surface area contributed by atoms with E-state index in [2.05, 4.69) is 26.1 Å². The Morgan fingerprint density at radius 1 is 1.19 bits per heavy atom. The Hall–Kier alpha value is -0.130. The van der Waals surface area contributed by atoms with Gasteiger partial charge in [-0.1, -0.05) is 13.8 Å². The predicted molar refractivity (Wildman–Crippen MR) is 66.9 cm³/mol. The second kappa shape index (κ2) is 5.47. The van der Waals surface area contributed by atoms with Crippen LogP contribution in [0.5, 0.6) is 0 Å². The van der Waals surface area contributed by atoms with Crippen molar-refractivity contribution >= 4 is 10.0 Å². The molecule has 0 radical (unpaired) electrons. The zero-order valence-corrected chi connectivity index (χ0v) is 11.5. The van der Waals surface area contributed by atoms with Crippen molar-refractivity contribution in [1.82, 2.24) is 9.62 Å². The maximum atomic E-state index is 11.3. The largest absolute Gasteiger partial charge is 0.311 e. The zero-order valence-electron chi connectivity index (χ0n) is 10.7. The number of piperidine rings is 1. The van der Waals surface area contributed by atoms with Crippen LogP contribution in [0.25, 0.3) is 0 Å². The van der Waals surface area contributed by atoms with Crippen LogP contribution in [0.3, 0.4) is 0 Å². The molecule has 1 saturated heterocycles. The summed E-state index contributed by atoms with van der Waals surface area (Å²) in [7, 11) is -2.99. The topological polar surface area (TPSA) is 49.4 Å². The van der Waals surface area contributed by atoms with Gasteiger partial charge >= 0.3 is 0 Å². The number of nitrogens with one attached hydrogen (secondary N) is 1. The fraction of sp³-hybridized carbons (Fsp3) is 1.00. The molecule has 0 aromatic heterocycles. The average molecular weight is 248 g/mol. The van der Waals surface area contributed by atoms with Crippen LogP contribution in [0.2, 0.25) is 0 Å². The third kappa shape index (κ3) is 4.03. The summed E-state index contributed by atoms with van der Waals surface area (Å²) in [6, 6.07) is 0.963. The Morgan fingerprint density at radius 2 is 1.69 bits per heavy atom. The van der Waals surface area contributed by atoms with Gasteiger partial charge in [0.2, 0.25) is 10.0 Å². The Labute approximate surface area is 99.5 Å². The number of sulfonamides is 1. The summed E-state index contributed by atoms with van der Waals surface area (Å²) >= 11 is 0. The molecule has 1 atom stereocenters. The fourth-order valence-corrected chi connectivity index (χ4v) is 2.79. The third-order valence-electron chi connectivity index (χ3n) is 3.42. The van der Waals surface area contributed by atoms with E-state index in [1.165, 1.54) is 6.26 Å². The lowest BCUT2D eigenvalue weighted by atomic mass is 10.0. The molecule has 5 heteroatoms. The second-order valence-electron chi connectivity index (χ2n) is 5.14. The predicted octanol–water partition coefficient (Wildman–Crippen LogP) is 1.04. The monoisotopic (exact) mass is 248 g/mol. The summed E-state index contributed by atoms with van der Waals surface area (Å²) in [6.45, 7) is 7.89. The molecular weight excluding hydrogens is 224 g/mol. The molecule has 16 heavy (non-hydrogen) atoms. The van der Waals surface area contributed by atoms with Crippen molar-refractivity contribution in [1.29, 1.82) is 0 Å². The fourth-order valence-electron chi connectivity index (χ4n) is 1.92. The van der Waals surface area contributed by atoms with E-state index in [1.54, 1.807) is 4.31 Å². The summed E-state index contributed by atoms with van der Waals surface area (Å²) in [4.78, 5) is 0. The summed E-state index contributed by atoms with van der Waals surface area (Å²) in [6.07, 6.45) is 3.13. The molecule has 0 bridgehead atoms. The molecule has 4 nitrogen and oxygen atoms in total. The number of hydrogen-bond acceptors (Lipinski definition) is 3. The van der Waals surface area contributed by atoms with Crippen LogP contribution >= 0.6 is 0 Å². The quantitative estimate of drug-likeness (QED) is 0.809. The second-order valence-corrected chi connectivity index (χ2v) is 7.12. The van der Waals surface area contributed by atoms with Crippen LogP contribution in [-0.2, 0) is 10.0 Å². The van der Waals surface area contributed by atoms with Crippen LogP contribution in [0.4, 0.5) is 0 Å². The highest BCUT2D eigenvalue weighted by Crippen LogP contribution is 2.14. The van der Waals surface area contributed by atoms with Gasteiger partial charge in [0.15, 0.2) is 0 Å². The molecule has 1 rings (SSSR count). The van der Waals surface area contributed by atoms with Crippen LogP contribution in [-0.4, -0.2) is 44.2 Å². The Balaban J connectivity index is 2.38. The summed E-state index contributed by atoms with van der Waals surface area (Å²) < 4.78 is 24.2. The maximum absolute atomic E-state index is 11.3. The molecule has 96 valence electrons. The number of rotatable bonds is 4. The van der Waals surface area contributed by atoms with Crippen molar-refractivity contribution in [2.45, 2.75) is 45.7 Å². The van der Waals surface area contributed by atoms with Crippen LogP contribution in [0, 0.1) is 5.92 Å². The van der Waals surface area contributed by atoms with Gasteiger partial charge in [-0.2, -0.15) is 0 Å². The molecule has 0 saturated carbocycles. The van der Waals surface area contributed by atoms with Crippen LogP contribution < -0.4 is 5.32 Å². The van der Waals surface area contributed by atoms with E-state index in [4.69, 9.17) is 0 Å². The minimum atomic E-state index is -2.99. The summed E-state index contributed by atoms with van der Waals surface area (Å²) in [5.41, 5.74) is 0. The average Bonchev–Trinajstić information content (AvgIpc) is 2.17. The molecule has 1 N–H and O–H groups in total. The number of hydrogen-bond donors (Lipinski definition) is 1. The van der Waals surface area contributed by atoms with Crippen molar-refractivity contribution in [2.75, 3.05) is 19.3 Å². The van der Waals surface area contributed by atoms with E-state index in [1.807, 2.05) is 0 Å². The number of nitrogens with zero attached hydrogens (tertiary/aromatic N) is 1. The molecule has 0 amide bonds. The van der Waals surface area contributed by atoms with Gasteiger partial charge < -0.3 is 5.32 Å². The SMILES string of the molecule is CC(C)C(C)NC1CCN(S(C)(=O)=O)CC1. The van der Waals surface area contributed by atoms with Gasteiger partial charge in [0, 0.05) is 25.2 Å². The molecule has 0 aliphatic carbocycles. The highest BCUT2D eigenvalue weighted by atomic mass is 32.2. The molecular formula is C11H24N2O2S. The van der Waals surface area contributed by atoms with Gasteiger partial charge in [-0.05, 0) is 25.7 Å². The molecule has 1 aliphatic rings. The first-order valence-electron chi connectivity index (χ1n) is 6.02. The van der Waals surface area contributed by atoms with E-state index >= 15 is 0 Å². The van der Waals surface area contributed by atoms with E-state index < -0.39 is 10.0 Å². The summed E-state index contributed by atoms with van der Waals surface area (Å²) in [5.74, 6) is 0.618.